The van der Waals surface area contributed by atoms with Crippen LogP contribution in [0.3, 0.4) is 0 Å². The van der Waals surface area contributed by atoms with E-state index in [0.717, 1.165) is 27.7 Å². The quantitative estimate of drug-likeness (QED) is 0.676. The molecule has 0 aliphatic heterocycles. The maximum atomic E-state index is 5.70. The fourth-order valence-corrected chi connectivity index (χ4v) is 1.85. The van der Waals surface area contributed by atoms with Gasteiger partial charge in [-0.25, -0.2) is 0 Å². The number of furan rings is 1. The van der Waals surface area contributed by atoms with E-state index in [1.54, 1.807) is 12.5 Å². The Morgan fingerprint density at radius 3 is 2.88 bits per heavy atom. The molecule has 3 aromatic rings. The first-order valence-corrected chi connectivity index (χ1v) is 4.94. The molecule has 0 unspecified atom stereocenters. The number of hydrogen-bond acceptors (Lipinski definition) is 4. The van der Waals surface area contributed by atoms with Gasteiger partial charge in [-0.2, -0.15) is 0 Å². The predicted octanol–water partition coefficient (Wildman–Crippen LogP) is 2.98. The zero-order valence-corrected chi connectivity index (χ0v) is 8.73. The van der Waals surface area contributed by atoms with Gasteiger partial charge in [0.25, 0.3) is 0 Å². The first kappa shape index (κ1) is 9.03. The lowest BCUT2D eigenvalue weighted by Crippen LogP contribution is -1.85. The molecule has 2 N–H and O–H groups in total. The number of nitrogen functional groups attached to an aromatic ring is 1. The van der Waals surface area contributed by atoms with Crippen molar-refractivity contribution in [2.75, 3.05) is 5.73 Å². The van der Waals surface area contributed by atoms with E-state index < -0.39 is 0 Å². The normalized spacial score (nSPS) is 11.1. The first-order valence-electron chi connectivity index (χ1n) is 4.94. The molecule has 0 amide bonds. The topological polar surface area (TPSA) is 65.2 Å². The minimum absolute atomic E-state index is 0.307. The summed E-state index contributed by atoms with van der Waals surface area (Å²) in [6.07, 6.45) is 3.33. The van der Waals surface area contributed by atoms with Crippen molar-refractivity contribution in [2.24, 2.45) is 0 Å². The Balaban J connectivity index is 2.36. The van der Waals surface area contributed by atoms with E-state index in [0.29, 0.717) is 5.88 Å². The molecular weight excluding hydrogens is 204 g/mol. The molecule has 2 heterocycles. The van der Waals surface area contributed by atoms with Gasteiger partial charge in [-0.1, -0.05) is 23.4 Å². The molecule has 2 aromatic heterocycles. The van der Waals surface area contributed by atoms with Crippen molar-refractivity contribution < 1.29 is 8.94 Å². The fraction of sp³-hybridized carbons (Fsp3) is 0.0833. The summed E-state index contributed by atoms with van der Waals surface area (Å²) >= 11 is 0. The van der Waals surface area contributed by atoms with Gasteiger partial charge in [-0.3, -0.25) is 0 Å². The number of anilines is 1. The molecule has 0 bridgehead atoms. The monoisotopic (exact) mass is 214 g/mol. The second kappa shape index (κ2) is 3.13. The number of aromatic nitrogens is 1. The average Bonchev–Trinajstić information content (AvgIpc) is 2.86. The van der Waals surface area contributed by atoms with Crippen molar-refractivity contribution in [3.8, 4) is 11.1 Å². The Bertz CT molecular complexity index is 652. The highest BCUT2D eigenvalue weighted by atomic mass is 16.5. The number of fused-ring (bicyclic) bond motifs is 1. The summed E-state index contributed by atoms with van der Waals surface area (Å²) in [6, 6.07) is 5.92. The molecule has 16 heavy (non-hydrogen) atoms. The van der Waals surface area contributed by atoms with E-state index in [-0.39, 0.29) is 0 Å². The van der Waals surface area contributed by atoms with Gasteiger partial charge < -0.3 is 14.7 Å². The van der Waals surface area contributed by atoms with Gasteiger partial charge in [0, 0.05) is 10.9 Å². The second-order valence-corrected chi connectivity index (χ2v) is 3.70. The van der Waals surface area contributed by atoms with Crippen LogP contribution < -0.4 is 5.73 Å². The van der Waals surface area contributed by atoms with Crippen molar-refractivity contribution in [1.29, 1.82) is 0 Å². The highest BCUT2D eigenvalue weighted by molar-refractivity contribution is 5.96. The third-order valence-corrected chi connectivity index (χ3v) is 2.68. The van der Waals surface area contributed by atoms with Crippen LogP contribution in [0.25, 0.3) is 22.1 Å². The molecule has 80 valence electrons. The van der Waals surface area contributed by atoms with Crippen molar-refractivity contribution in [3.63, 3.8) is 0 Å². The maximum absolute atomic E-state index is 5.70. The van der Waals surface area contributed by atoms with Gasteiger partial charge in [-0.15, -0.1) is 0 Å². The van der Waals surface area contributed by atoms with E-state index in [9.17, 15) is 0 Å². The molecule has 0 spiro atoms. The molecule has 0 aliphatic carbocycles. The van der Waals surface area contributed by atoms with Gasteiger partial charge in [-0.05, 0) is 12.5 Å². The summed E-state index contributed by atoms with van der Waals surface area (Å²) in [5.41, 5.74) is 9.29. The Morgan fingerprint density at radius 1 is 1.25 bits per heavy atom. The lowest BCUT2D eigenvalue weighted by Gasteiger charge is -1.99. The number of hydrogen-bond donors (Lipinski definition) is 1. The smallest absolute Gasteiger partial charge is 0.230 e. The Hall–Kier alpha value is -2.23. The lowest BCUT2D eigenvalue weighted by atomic mass is 10.1. The van der Waals surface area contributed by atoms with Crippen molar-refractivity contribution in [3.05, 3.63) is 36.2 Å². The van der Waals surface area contributed by atoms with Gasteiger partial charge >= 0.3 is 0 Å². The molecule has 0 radical (unpaired) electrons. The van der Waals surface area contributed by atoms with Crippen LogP contribution >= 0.6 is 0 Å². The first-order chi connectivity index (χ1) is 7.77. The molecule has 0 saturated carbocycles. The van der Waals surface area contributed by atoms with Crippen LogP contribution in [0, 0.1) is 6.92 Å². The van der Waals surface area contributed by atoms with Crippen LogP contribution in [0.1, 0.15) is 5.56 Å². The fourth-order valence-electron chi connectivity index (χ4n) is 1.85. The largest absolute Gasteiger partial charge is 0.463 e. The Morgan fingerprint density at radius 2 is 2.12 bits per heavy atom. The average molecular weight is 214 g/mol. The Labute approximate surface area is 91.6 Å². The second-order valence-electron chi connectivity index (χ2n) is 3.70. The van der Waals surface area contributed by atoms with E-state index in [2.05, 4.69) is 5.16 Å². The number of nitrogens with zero attached hydrogens (tertiary/aromatic N) is 1. The number of rotatable bonds is 1. The van der Waals surface area contributed by atoms with E-state index in [4.69, 9.17) is 14.7 Å². The molecule has 0 fully saturated rings. The standard InChI is InChI=1S/C12H10N2O2/c1-7-6-15-11-8(7)3-2-4-9(11)10-5-14-16-12(10)13/h2-6H,13H2,1H3. The maximum Gasteiger partial charge on any atom is 0.230 e. The number of para-hydroxylation sites is 1. The van der Waals surface area contributed by atoms with Crippen LogP contribution in [0.5, 0.6) is 0 Å². The third kappa shape index (κ3) is 1.13. The molecule has 0 atom stereocenters. The van der Waals surface area contributed by atoms with E-state index in [1.807, 2.05) is 25.1 Å². The molecule has 4 heteroatoms. The highest BCUT2D eigenvalue weighted by Crippen LogP contribution is 2.33. The summed E-state index contributed by atoms with van der Waals surface area (Å²) in [4.78, 5) is 0. The van der Waals surface area contributed by atoms with Gasteiger partial charge in [0.1, 0.15) is 5.58 Å². The summed E-state index contributed by atoms with van der Waals surface area (Å²) < 4.78 is 10.4. The highest BCUT2D eigenvalue weighted by Gasteiger charge is 2.13. The van der Waals surface area contributed by atoms with Crippen molar-refractivity contribution in [2.45, 2.75) is 6.92 Å². The lowest BCUT2D eigenvalue weighted by molar-refractivity contribution is 0.436. The third-order valence-electron chi connectivity index (χ3n) is 2.68. The number of nitrogens with two attached hydrogens (primary N) is 1. The molecular formula is C12H10N2O2. The molecule has 0 saturated heterocycles. The van der Waals surface area contributed by atoms with Crippen molar-refractivity contribution in [1.82, 2.24) is 5.16 Å². The van der Waals surface area contributed by atoms with Gasteiger partial charge in [0.15, 0.2) is 0 Å². The predicted molar refractivity (Wildman–Crippen MR) is 60.9 cm³/mol. The zero-order chi connectivity index (χ0) is 11.1. The molecule has 4 nitrogen and oxygen atoms in total. The SMILES string of the molecule is Cc1coc2c(-c3cnoc3N)cccc12. The minimum Gasteiger partial charge on any atom is -0.463 e. The summed E-state index contributed by atoms with van der Waals surface area (Å²) in [5.74, 6) is 0.307. The van der Waals surface area contributed by atoms with Crippen LogP contribution in [0.2, 0.25) is 0 Å². The van der Waals surface area contributed by atoms with Crippen molar-refractivity contribution >= 4 is 16.9 Å². The number of benzene rings is 1. The molecule has 1 aromatic carbocycles. The summed E-state index contributed by atoms with van der Waals surface area (Å²) in [5, 5.41) is 4.75. The Kier molecular flexibility index (Phi) is 1.77. The van der Waals surface area contributed by atoms with Crippen LogP contribution in [-0.2, 0) is 0 Å². The summed E-state index contributed by atoms with van der Waals surface area (Å²) in [7, 11) is 0. The molecule has 3 rings (SSSR count). The molecule has 0 aliphatic rings. The van der Waals surface area contributed by atoms with Gasteiger partial charge in [0.05, 0.1) is 18.0 Å². The zero-order valence-electron chi connectivity index (χ0n) is 8.73. The van der Waals surface area contributed by atoms with Crippen LogP contribution in [0.4, 0.5) is 5.88 Å². The van der Waals surface area contributed by atoms with Crippen LogP contribution in [0.15, 0.2) is 39.6 Å². The number of aryl methyl sites for hydroxylation is 1. The van der Waals surface area contributed by atoms with E-state index in [1.165, 1.54) is 0 Å². The minimum atomic E-state index is 0.307. The van der Waals surface area contributed by atoms with Crippen LogP contribution in [-0.4, -0.2) is 5.16 Å². The van der Waals surface area contributed by atoms with E-state index >= 15 is 0 Å². The summed E-state index contributed by atoms with van der Waals surface area (Å²) in [6.45, 7) is 2.01. The van der Waals surface area contributed by atoms with Gasteiger partial charge in [0.2, 0.25) is 5.88 Å².